The SMILES string of the molecule is CCS(=O)(=O)Cc1ccc(C2=NN(C(C)=O)C(c3cccs3)C2)cc1. The molecule has 1 atom stereocenters. The van der Waals surface area contributed by atoms with Gasteiger partial charge in [-0.2, -0.15) is 5.10 Å². The van der Waals surface area contributed by atoms with E-state index in [1.165, 1.54) is 11.9 Å². The molecule has 1 unspecified atom stereocenters. The molecule has 5 nitrogen and oxygen atoms in total. The maximum Gasteiger partial charge on any atom is 0.240 e. The molecule has 0 saturated heterocycles. The van der Waals surface area contributed by atoms with E-state index in [0.29, 0.717) is 6.42 Å². The summed E-state index contributed by atoms with van der Waals surface area (Å²) in [5.74, 6) is 0.101. The number of hydrazone groups is 1. The van der Waals surface area contributed by atoms with Crippen LogP contribution in [0.3, 0.4) is 0 Å². The van der Waals surface area contributed by atoms with Crippen LogP contribution < -0.4 is 0 Å². The third-order valence-electron chi connectivity index (χ3n) is 4.22. The second kappa shape index (κ2) is 7.09. The first-order valence-corrected chi connectivity index (χ1v) is 10.8. The van der Waals surface area contributed by atoms with Gasteiger partial charge in [-0.15, -0.1) is 11.3 Å². The first kappa shape index (κ1) is 17.8. The number of thiophene rings is 1. The number of hydrogen-bond donors (Lipinski definition) is 0. The van der Waals surface area contributed by atoms with Crippen LogP contribution in [0.2, 0.25) is 0 Å². The van der Waals surface area contributed by atoms with Gasteiger partial charge in [0.2, 0.25) is 5.91 Å². The summed E-state index contributed by atoms with van der Waals surface area (Å²) < 4.78 is 23.5. The van der Waals surface area contributed by atoms with Crippen LogP contribution in [0.5, 0.6) is 0 Å². The van der Waals surface area contributed by atoms with Gasteiger partial charge in [0.1, 0.15) is 0 Å². The average molecular weight is 377 g/mol. The zero-order valence-corrected chi connectivity index (χ0v) is 15.8. The lowest BCUT2D eigenvalue weighted by molar-refractivity contribution is -0.130. The molecule has 1 amide bonds. The molecule has 0 saturated carbocycles. The van der Waals surface area contributed by atoms with Gasteiger partial charge in [0, 0.05) is 24.0 Å². The van der Waals surface area contributed by atoms with Crippen LogP contribution in [0.25, 0.3) is 0 Å². The summed E-state index contributed by atoms with van der Waals surface area (Å²) in [6.07, 6.45) is 0.659. The Balaban J connectivity index is 1.82. The van der Waals surface area contributed by atoms with E-state index in [-0.39, 0.29) is 23.5 Å². The molecule has 0 aliphatic carbocycles. The largest absolute Gasteiger partial charge is 0.273 e. The van der Waals surface area contributed by atoms with Gasteiger partial charge in [0.15, 0.2) is 9.84 Å². The summed E-state index contributed by atoms with van der Waals surface area (Å²) in [6, 6.07) is 11.3. The second-order valence-electron chi connectivity index (χ2n) is 6.02. The molecule has 2 heterocycles. The quantitative estimate of drug-likeness (QED) is 0.803. The van der Waals surface area contributed by atoms with Crippen molar-refractivity contribution >= 4 is 32.8 Å². The Bertz CT molecular complexity index is 885. The lowest BCUT2D eigenvalue weighted by Crippen LogP contribution is -2.23. The summed E-state index contributed by atoms with van der Waals surface area (Å²) in [6.45, 7) is 3.17. The fourth-order valence-corrected chi connectivity index (χ4v) is 4.54. The smallest absolute Gasteiger partial charge is 0.240 e. The predicted octanol–water partition coefficient (Wildman–Crippen LogP) is 3.38. The molecule has 0 fully saturated rings. The Morgan fingerprint density at radius 1 is 1.28 bits per heavy atom. The van der Waals surface area contributed by atoms with Crippen molar-refractivity contribution in [2.24, 2.45) is 5.10 Å². The highest BCUT2D eigenvalue weighted by Crippen LogP contribution is 2.35. The molecular weight excluding hydrogens is 356 g/mol. The van der Waals surface area contributed by atoms with E-state index in [1.807, 2.05) is 41.8 Å². The van der Waals surface area contributed by atoms with E-state index in [1.54, 1.807) is 18.3 Å². The minimum atomic E-state index is -3.04. The van der Waals surface area contributed by atoms with Crippen molar-refractivity contribution in [3.8, 4) is 0 Å². The molecule has 0 radical (unpaired) electrons. The number of carbonyl (C=O) groups is 1. The average Bonchev–Trinajstić information content (AvgIpc) is 3.24. The number of nitrogens with zero attached hydrogens (tertiary/aromatic N) is 2. The zero-order valence-electron chi connectivity index (χ0n) is 14.2. The van der Waals surface area contributed by atoms with Crippen LogP contribution in [0.4, 0.5) is 0 Å². The highest BCUT2D eigenvalue weighted by molar-refractivity contribution is 7.90. The van der Waals surface area contributed by atoms with Crippen molar-refractivity contribution in [2.75, 3.05) is 5.75 Å². The van der Waals surface area contributed by atoms with Crippen LogP contribution >= 0.6 is 11.3 Å². The van der Waals surface area contributed by atoms with Crippen LogP contribution in [0.1, 0.15) is 42.3 Å². The van der Waals surface area contributed by atoms with Crippen molar-refractivity contribution in [1.29, 1.82) is 0 Å². The molecule has 1 aliphatic heterocycles. The lowest BCUT2D eigenvalue weighted by atomic mass is 10.0. The van der Waals surface area contributed by atoms with Crippen molar-refractivity contribution < 1.29 is 13.2 Å². The van der Waals surface area contributed by atoms with Crippen LogP contribution in [0, 0.1) is 0 Å². The highest BCUT2D eigenvalue weighted by Gasteiger charge is 2.31. The molecule has 0 bridgehead atoms. The third-order valence-corrected chi connectivity index (χ3v) is 6.84. The molecule has 0 spiro atoms. The molecule has 1 aromatic heterocycles. The minimum absolute atomic E-state index is 0.0493. The van der Waals surface area contributed by atoms with E-state index in [4.69, 9.17) is 0 Å². The molecule has 7 heteroatoms. The topological polar surface area (TPSA) is 66.8 Å². The fourth-order valence-electron chi connectivity index (χ4n) is 2.83. The van der Waals surface area contributed by atoms with Crippen molar-refractivity contribution in [3.05, 3.63) is 57.8 Å². The molecule has 25 heavy (non-hydrogen) atoms. The molecule has 2 aromatic rings. The normalized spacial score (nSPS) is 17.6. The summed E-state index contributed by atoms with van der Waals surface area (Å²) in [4.78, 5) is 13.0. The van der Waals surface area contributed by atoms with E-state index >= 15 is 0 Å². The number of benzene rings is 1. The summed E-state index contributed by atoms with van der Waals surface area (Å²) >= 11 is 1.62. The first-order valence-electron chi connectivity index (χ1n) is 8.10. The lowest BCUT2D eigenvalue weighted by Gasteiger charge is -2.18. The zero-order chi connectivity index (χ0) is 18.0. The minimum Gasteiger partial charge on any atom is -0.273 e. The Labute approximate surface area is 151 Å². The van der Waals surface area contributed by atoms with Gasteiger partial charge < -0.3 is 0 Å². The van der Waals surface area contributed by atoms with Gasteiger partial charge in [-0.3, -0.25) is 4.79 Å². The molecule has 1 aromatic carbocycles. The second-order valence-corrected chi connectivity index (χ2v) is 9.35. The standard InChI is InChI=1S/C18H20N2O3S2/c1-3-25(22,23)12-14-6-8-15(9-7-14)16-11-17(18-5-4-10-24-18)20(19-16)13(2)21/h4-10,17H,3,11-12H2,1-2H3. The predicted molar refractivity (Wildman–Crippen MR) is 100 cm³/mol. The van der Waals surface area contributed by atoms with Crippen LogP contribution in [-0.4, -0.2) is 30.8 Å². The number of carbonyl (C=O) groups excluding carboxylic acids is 1. The third kappa shape index (κ3) is 3.99. The van der Waals surface area contributed by atoms with E-state index in [2.05, 4.69) is 5.10 Å². The van der Waals surface area contributed by atoms with Crippen LogP contribution in [-0.2, 0) is 20.4 Å². The molecule has 1 aliphatic rings. The van der Waals surface area contributed by atoms with Gasteiger partial charge in [0.05, 0.1) is 17.5 Å². The number of hydrogen-bond acceptors (Lipinski definition) is 5. The van der Waals surface area contributed by atoms with Crippen molar-refractivity contribution in [3.63, 3.8) is 0 Å². The maximum atomic E-state index is 11.9. The highest BCUT2D eigenvalue weighted by atomic mass is 32.2. The van der Waals surface area contributed by atoms with Gasteiger partial charge >= 0.3 is 0 Å². The first-order chi connectivity index (χ1) is 11.9. The fraction of sp³-hybridized carbons (Fsp3) is 0.333. The summed E-state index contributed by atoms with van der Waals surface area (Å²) in [5, 5.41) is 8.04. The van der Waals surface area contributed by atoms with Gasteiger partial charge in [0.25, 0.3) is 0 Å². The Morgan fingerprint density at radius 2 is 2.00 bits per heavy atom. The van der Waals surface area contributed by atoms with Gasteiger partial charge in [-0.25, -0.2) is 13.4 Å². The van der Waals surface area contributed by atoms with E-state index in [9.17, 15) is 13.2 Å². The number of rotatable bonds is 5. The van der Waals surface area contributed by atoms with E-state index in [0.717, 1.165) is 21.7 Å². The summed E-state index contributed by atoms with van der Waals surface area (Å²) in [5.41, 5.74) is 2.53. The Morgan fingerprint density at radius 3 is 2.56 bits per heavy atom. The number of sulfone groups is 1. The van der Waals surface area contributed by atoms with Crippen molar-refractivity contribution in [1.82, 2.24) is 5.01 Å². The molecule has 132 valence electrons. The Kier molecular flexibility index (Phi) is 5.06. The van der Waals surface area contributed by atoms with Gasteiger partial charge in [-0.1, -0.05) is 37.3 Å². The molecule has 3 rings (SSSR count). The maximum absolute atomic E-state index is 11.9. The molecule has 0 N–H and O–H groups in total. The van der Waals surface area contributed by atoms with Crippen LogP contribution in [0.15, 0.2) is 46.9 Å². The van der Waals surface area contributed by atoms with Gasteiger partial charge in [-0.05, 0) is 22.6 Å². The van der Waals surface area contributed by atoms with E-state index < -0.39 is 9.84 Å². The van der Waals surface area contributed by atoms with Crippen molar-refractivity contribution in [2.45, 2.75) is 32.1 Å². The molecular formula is C18H20N2O3S2. The Hall–Kier alpha value is -1.99. The summed E-state index contributed by atoms with van der Waals surface area (Å²) in [7, 11) is -3.04. The monoisotopic (exact) mass is 376 g/mol. The number of amides is 1.